The Morgan fingerprint density at radius 3 is 2.77 bits per heavy atom. The zero-order chi connectivity index (χ0) is 9.47. The largest absolute Gasteiger partial charge is 0.330 e. The molecule has 0 radical (unpaired) electrons. The number of aryl methyl sites for hydroxylation is 1. The van der Waals surface area contributed by atoms with Gasteiger partial charge in [0.05, 0.1) is 6.20 Å². The van der Waals surface area contributed by atoms with Crippen molar-refractivity contribution in [1.82, 2.24) is 9.78 Å². The minimum absolute atomic E-state index is 0.157. The Hall–Kier alpha value is -0.540. The van der Waals surface area contributed by atoms with E-state index in [1.807, 2.05) is 17.8 Å². The van der Waals surface area contributed by atoms with Crippen LogP contribution in [0.15, 0.2) is 6.20 Å². The highest BCUT2D eigenvalue weighted by Crippen LogP contribution is 2.49. The molecule has 3 nitrogen and oxygen atoms in total. The van der Waals surface area contributed by atoms with Crippen molar-refractivity contribution in [2.24, 2.45) is 5.73 Å². The second kappa shape index (κ2) is 3.00. The molecular formula is C9H14ClN3. The molecule has 13 heavy (non-hydrogen) atoms. The van der Waals surface area contributed by atoms with E-state index in [-0.39, 0.29) is 5.41 Å². The number of hydrogen-bond acceptors (Lipinski definition) is 2. The van der Waals surface area contributed by atoms with Crippen LogP contribution in [0.3, 0.4) is 0 Å². The minimum atomic E-state index is 0.157. The molecule has 0 unspecified atom stereocenters. The average Bonchev–Trinajstić information content (AvgIpc) is 2.85. The van der Waals surface area contributed by atoms with E-state index in [0.717, 1.165) is 30.1 Å². The predicted octanol–water partition coefficient (Wildman–Crippen LogP) is 1.55. The lowest BCUT2D eigenvalue weighted by molar-refractivity contribution is 0.655. The van der Waals surface area contributed by atoms with E-state index >= 15 is 0 Å². The Morgan fingerprint density at radius 2 is 2.38 bits per heavy atom. The van der Waals surface area contributed by atoms with E-state index in [4.69, 9.17) is 17.3 Å². The Balaban J connectivity index is 2.36. The molecule has 0 bridgehead atoms. The van der Waals surface area contributed by atoms with Gasteiger partial charge < -0.3 is 5.73 Å². The molecule has 0 aromatic carbocycles. The van der Waals surface area contributed by atoms with E-state index in [9.17, 15) is 0 Å². The zero-order valence-corrected chi connectivity index (χ0v) is 8.51. The fraction of sp³-hybridized carbons (Fsp3) is 0.667. The Labute approximate surface area is 82.9 Å². The molecule has 1 saturated carbocycles. The molecule has 1 aromatic rings. The molecule has 1 aliphatic carbocycles. The van der Waals surface area contributed by atoms with Crippen molar-refractivity contribution in [3.63, 3.8) is 0 Å². The van der Waals surface area contributed by atoms with Crippen LogP contribution >= 0.6 is 11.6 Å². The highest BCUT2D eigenvalue weighted by Gasteiger charge is 2.45. The summed E-state index contributed by atoms with van der Waals surface area (Å²) in [4.78, 5) is 0. The van der Waals surface area contributed by atoms with Crippen LogP contribution < -0.4 is 5.73 Å². The van der Waals surface area contributed by atoms with Gasteiger partial charge in [-0.2, -0.15) is 5.10 Å². The smallest absolute Gasteiger partial charge is 0.130 e. The van der Waals surface area contributed by atoms with Crippen LogP contribution in [-0.4, -0.2) is 16.3 Å². The molecule has 1 aromatic heterocycles. The highest BCUT2D eigenvalue weighted by molar-refractivity contribution is 6.30. The lowest BCUT2D eigenvalue weighted by Crippen LogP contribution is -2.19. The summed E-state index contributed by atoms with van der Waals surface area (Å²) in [6, 6.07) is 0. The maximum absolute atomic E-state index is 6.17. The fourth-order valence-corrected chi connectivity index (χ4v) is 2.09. The van der Waals surface area contributed by atoms with Crippen molar-refractivity contribution in [2.45, 2.75) is 31.7 Å². The van der Waals surface area contributed by atoms with Crippen LogP contribution in [0.4, 0.5) is 0 Å². The van der Waals surface area contributed by atoms with E-state index in [1.54, 1.807) is 0 Å². The van der Waals surface area contributed by atoms with Crippen molar-refractivity contribution in [3.8, 4) is 0 Å². The molecule has 4 heteroatoms. The number of halogens is 1. The normalized spacial score (nSPS) is 19.0. The first-order chi connectivity index (χ1) is 6.23. The third-order valence-electron chi connectivity index (χ3n) is 2.89. The third-order valence-corrected chi connectivity index (χ3v) is 3.29. The lowest BCUT2D eigenvalue weighted by Gasteiger charge is -2.10. The molecule has 2 N–H and O–H groups in total. The summed E-state index contributed by atoms with van der Waals surface area (Å²) in [5, 5.41) is 4.99. The van der Waals surface area contributed by atoms with E-state index in [0.29, 0.717) is 6.54 Å². The number of hydrogen-bond donors (Lipinski definition) is 1. The molecule has 1 fully saturated rings. The SMILES string of the molecule is CCn1ncc(C2(CN)CC2)c1Cl. The topological polar surface area (TPSA) is 43.8 Å². The molecule has 0 atom stereocenters. The molecule has 0 saturated heterocycles. The lowest BCUT2D eigenvalue weighted by atomic mass is 10.0. The molecule has 72 valence electrons. The summed E-state index contributed by atoms with van der Waals surface area (Å²) in [6.07, 6.45) is 4.17. The van der Waals surface area contributed by atoms with Crippen molar-refractivity contribution >= 4 is 11.6 Å². The number of rotatable bonds is 3. The first kappa shape index (κ1) is 9.03. The molecular weight excluding hydrogens is 186 g/mol. The number of nitrogens with two attached hydrogens (primary N) is 1. The van der Waals surface area contributed by atoms with Gasteiger partial charge in [-0.1, -0.05) is 11.6 Å². The molecule has 0 amide bonds. The molecule has 2 rings (SSSR count). The first-order valence-corrected chi connectivity index (χ1v) is 5.03. The monoisotopic (exact) mass is 199 g/mol. The molecule has 0 aliphatic heterocycles. The second-order valence-corrected chi connectivity index (χ2v) is 4.01. The van der Waals surface area contributed by atoms with Gasteiger partial charge >= 0.3 is 0 Å². The predicted molar refractivity (Wildman–Crippen MR) is 52.9 cm³/mol. The maximum Gasteiger partial charge on any atom is 0.130 e. The molecule has 0 spiro atoms. The van der Waals surface area contributed by atoms with Gasteiger partial charge in [0.25, 0.3) is 0 Å². The minimum Gasteiger partial charge on any atom is -0.330 e. The summed E-state index contributed by atoms with van der Waals surface area (Å²) in [5.74, 6) is 0. The van der Waals surface area contributed by atoms with Gasteiger partial charge in [-0.05, 0) is 19.8 Å². The van der Waals surface area contributed by atoms with Crippen LogP contribution in [0.2, 0.25) is 5.15 Å². The van der Waals surface area contributed by atoms with Gasteiger partial charge in [0.2, 0.25) is 0 Å². The van der Waals surface area contributed by atoms with E-state index < -0.39 is 0 Å². The Morgan fingerprint density at radius 1 is 1.69 bits per heavy atom. The zero-order valence-electron chi connectivity index (χ0n) is 7.76. The van der Waals surface area contributed by atoms with Crippen LogP contribution in [0.25, 0.3) is 0 Å². The highest BCUT2D eigenvalue weighted by atomic mass is 35.5. The molecule has 1 heterocycles. The number of aromatic nitrogens is 2. The van der Waals surface area contributed by atoms with E-state index in [1.165, 1.54) is 0 Å². The standard InChI is InChI=1S/C9H14ClN3/c1-2-13-8(10)7(5-12-13)9(6-11)3-4-9/h5H,2-4,6,11H2,1H3. The van der Waals surface area contributed by atoms with Crippen molar-refractivity contribution in [1.29, 1.82) is 0 Å². The van der Waals surface area contributed by atoms with Gasteiger partial charge in [-0.3, -0.25) is 4.68 Å². The van der Waals surface area contributed by atoms with Crippen LogP contribution in [-0.2, 0) is 12.0 Å². The number of nitrogens with zero attached hydrogens (tertiary/aromatic N) is 2. The van der Waals surface area contributed by atoms with Crippen molar-refractivity contribution in [2.75, 3.05) is 6.54 Å². The van der Waals surface area contributed by atoms with Crippen LogP contribution in [0.1, 0.15) is 25.3 Å². The Bertz CT molecular complexity index is 315. The van der Waals surface area contributed by atoms with Gasteiger partial charge in [0.1, 0.15) is 5.15 Å². The summed E-state index contributed by atoms with van der Waals surface area (Å²) < 4.78 is 1.81. The first-order valence-electron chi connectivity index (χ1n) is 4.65. The average molecular weight is 200 g/mol. The quantitative estimate of drug-likeness (QED) is 0.803. The summed E-state index contributed by atoms with van der Waals surface area (Å²) >= 11 is 6.17. The maximum atomic E-state index is 6.17. The third kappa shape index (κ3) is 1.27. The second-order valence-electron chi connectivity index (χ2n) is 3.65. The van der Waals surface area contributed by atoms with Gasteiger partial charge in [0.15, 0.2) is 0 Å². The van der Waals surface area contributed by atoms with Crippen molar-refractivity contribution in [3.05, 3.63) is 16.9 Å². The van der Waals surface area contributed by atoms with Crippen molar-refractivity contribution < 1.29 is 0 Å². The van der Waals surface area contributed by atoms with Gasteiger partial charge in [-0.15, -0.1) is 0 Å². The van der Waals surface area contributed by atoms with Gasteiger partial charge in [0, 0.05) is 24.1 Å². The van der Waals surface area contributed by atoms with Crippen LogP contribution in [0.5, 0.6) is 0 Å². The summed E-state index contributed by atoms with van der Waals surface area (Å²) in [5.41, 5.74) is 7.02. The Kier molecular flexibility index (Phi) is 2.08. The summed E-state index contributed by atoms with van der Waals surface area (Å²) in [7, 11) is 0. The molecule has 1 aliphatic rings. The van der Waals surface area contributed by atoms with Crippen LogP contribution in [0, 0.1) is 0 Å². The summed E-state index contributed by atoms with van der Waals surface area (Å²) in [6.45, 7) is 3.53. The fourth-order valence-electron chi connectivity index (χ4n) is 1.68. The van der Waals surface area contributed by atoms with E-state index in [2.05, 4.69) is 5.10 Å². The van der Waals surface area contributed by atoms with Gasteiger partial charge in [-0.25, -0.2) is 0 Å².